The number of allylic oxidation sites excluding steroid dienone is 2. The molecule has 23 heavy (non-hydrogen) atoms. The maximum absolute atomic E-state index is 12.6. The number of nitrogens with one attached hydrogen (secondary N) is 1. The summed E-state index contributed by atoms with van der Waals surface area (Å²) in [6.07, 6.45) is 3.56. The Morgan fingerprint density at radius 2 is 1.87 bits per heavy atom. The summed E-state index contributed by atoms with van der Waals surface area (Å²) in [4.78, 5) is 26.0. The molecule has 5 heteroatoms. The fourth-order valence-electron chi connectivity index (χ4n) is 3.56. The highest BCUT2D eigenvalue weighted by Gasteiger charge is 2.60. The smallest absolute Gasteiger partial charge is 0.409 e. The SMILES string of the molecule is CCOC(=O)N1CCC(NC(=O)[C@H]2[C@@H](C=C(C)C)C2(C)C)CC1. The molecular formula is C18H30N2O3. The van der Waals surface area contributed by atoms with E-state index < -0.39 is 0 Å². The summed E-state index contributed by atoms with van der Waals surface area (Å²) >= 11 is 0. The first kappa shape index (κ1) is 17.8. The molecule has 1 N–H and O–H groups in total. The second-order valence-corrected chi connectivity index (χ2v) is 7.54. The van der Waals surface area contributed by atoms with Gasteiger partial charge < -0.3 is 15.0 Å². The van der Waals surface area contributed by atoms with Crippen LogP contribution in [0.1, 0.15) is 47.5 Å². The number of carbonyl (C=O) groups is 2. The van der Waals surface area contributed by atoms with Crippen LogP contribution in [0.5, 0.6) is 0 Å². The molecule has 0 unspecified atom stereocenters. The molecule has 0 aromatic rings. The molecular weight excluding hydrogens is 292 g/mol. The van der Waals surface area contributed by atoms with E-state index in [2.05, 4.69) is 39.1 Å². The Bertz CT molecular complexity index is 486. The number of piperidine rings is 1. The van der Waals surface area contributed by atoms with Gasteiger partial charge >= 0.3 is 6.09 Å². The Morgan fingerprint density at radius 1 is 1.26 bits per heavy atom. The van der Waals surface area contributed by atoms with Crippen LogP contribution in [0.15, 0.2) is 11.6 Å². The predicted molar refractivity (Wildman–Crippen MR) is 90.0 cm³/mol. The molecule has 0 aromatic carbocycles. The van der Waals surface area contributed by atoms with Gasteiger partial charge in [0, 0.05) is 19.1 Å². The van der Waals surface area contributed by atoms with Crippen molar-refractivity contribution in [3.8, 4) is 0 Å². The lowest BCUT2D eigenvalue weighted by Crippen LogP contribution is -2.47. The minimum atomic E-state index is -0.246. The van der Waals surface area contributed by atoms with Crippen molar-refractivity contribution in [1.29, 1.82) is 0 Å². The Labute approximate surface area is 139 Å². The lowest BCUT2D eigenvalue weighted by molar-refractivity contribution is -0.124. The lowest BCUT2D eigenvalue weighted by Gasteiger charge is -2.31. The average Bonchev–Trinajstić information content (AvgIpc) is 3.00. The van der Waals surface area contributed by atoms with Gasteiger partial charge in [-0.25, -0.2) is 4.79 Å². The van der Waals surface area contributed by atoms with Gasteiger partial charge in [-0.15, -0.1) is 0 Å². The van der Waals surface area contributed by atoms with Gasteiger partial charge in [-0.2, -0.15) is 0 Å². The molecule has 130 valence electrons. The van der Waals surface area contributed by atoms with Crippen LogP contribution >= 0.6 is 0 Å². The van der Waals surface area contributed by atoms with Crippen LogP contribution in [-0.4, -0.2) is 42.6 Å². The van der Waals surface area contributed by atoms with Crippen LogP contribution in [-0.2, 0) is 9.53 Å². The highest BCUT2D eigenvalue weighted by molar-refractivity contribution is 5.84. The van der Waals surface area contributed by atoms with Crippen LogP contribution in [0.2, 0.25) is 0 Å². The molecule has 0 spiro atoms. The molecule has 5 nitrogen and oxygen atoms in total. The van der Waals surface area contributed by atoms with Gasteiger partial charge in [0.1, 0.15) is 0 Å². The molecule has 1 aliphatic carbocycles. The monoisotopic (exact) mass is 322 g/mol. The third kappa shape index (κ3) is 4.06. The summed E-state index contributed by atoms with van der Waals surface area (Å²) in [5.41, 5.74) is 1.31. The van der Waals surface area contributed by atoms with Crippen molar-refractivity contribution in [2.24, 2.45) is 17.3 Å². The maximum Gasteiger partial charge on any atom is 0.409 e. The van der Waals surface area contributed by atoms with Crippen LogP contribution in [0.3, 0.4) is 0 Å². The predicted octanol–water partition coefficient (Wildman–Crippen LogP) is 2.96. The van der Waals surface area contributed by atoms with Gasteiger partial charge in [-0.1, -0.05) is 25.5 Å². The topological polar surface area (TPSA) is 58.6 Å². The van der Waals surface area contributed by atoms with E-state index in [9.17, 15) is 9.59 Å². The number of rotatable bonds is 4. The third-order valence-electron chi connectivity index (χ3n) is 5.07. The minimum absolute atomic E-state index is 0.0486. The first-order chi connectivity index (χ1) is 10.8. The first-order valence-corrected chi connectivity index (χ1v) is 8.64. The van der Waals surface area contributed by atoms with E-state index in [1.165, 1.54) is 5.57 Å². The van der Waals surface area contributed by atoms with Crippen LogP contribution < -0.4 is 5.32 Å². The standard InChI is InChI=1S/C18H30N2O3/c1-6-23-17(22)20-9-7-13(8-10-20)19-16(21)15-14(11-12(2)3)18(15,4)5/h11,13-15H,6-10H2,1-5H3,(H,19,21)/t14-,15-/m1/s1. The normalized spacial score (nSPS) is 26.4. The van der Waals surface area contributed by atoms with Crippen molar-refractivity contribution < 1.29 is 14.3 Å². The minimum Gasteiger partial charge on any atom is -0.450 e. The van der Waals surface area contributed by atoms with E-state index >= 15 is 0 Å². The van der Waals surface area contributed by atoms with E-state index in [-0.39, 0.29) is 29.4 Å². The molecule has 2 aliphatic rings. The summed E-state index contributed by atoms with van der Waals surface area (Å²) < 4.78 is 5.02. The Kier molecular flexibility index (Phi) is 5.37. The van der Waals surface area contributed by atoms with E-state index in [0.717, 1.165) is 12.8 Å². The van der Waals surface area contributed by atoms with Crippen molar-refractivity contribution in [2.75, 3.05) is 19.7 Å². The molecule has 2 amide bonds. The van der Waals surface area contributed by atoms with Crippen LogP contribution in [0.4, 0.5) is 4.79 Å². The number of likely N-dealkylation sites (tertiary alicyclic amines) is 1. The third-order valence-corrected chi connectivity index (χ3v) is 5.07. The second-order valence-electron chi connectivity index (χ2n) is 7.54. The number of hydrogen-bond donors (Lipinski definition) is 1. The molecule has 0 bridgehead atoms. The molecule has 2 fully saturated rings. The average molecular weight is 322 g/mol. The molecule has 0 radical (unpaired) electrons. The molecule has 2 atom stereocenters. The van der Waals surface area contributed by atoms with Gasteiger partial charge in [-0.3, -0.25) is 4.79 Å². The number of nitrogens with zero attached hydrogens (tertiary/aromatic N) is 1. The zero-order chi connectivity index (χ0) is 17.2. The Balaban J connectivity index is 1.82. The zero-order valence-electron chi connectivity index (χ0n) is 15.0. The van der Waals surface area contributed by atoms with E-state index in [1.807, 2.05) is 6.92 Å². The van der Waals surface area contributed by atoms with E-state index in [1.54, 1.807) is 4.90 Å². The number of amides is 2. The van der Waals surface area contributed by atoms with Gasteiger partial charge in [-0.05, 0) is 44.9 Å². The molecule has 2 rings (SSSR count). The number of carbonyl (C=O) groups excluding carboxylic acids is 2. The van der Waals surface area contributed by atoms with Gasteiger partial charge in [0.25, 0.3) is 0 Å². The lowest BCUT2D eigenvalue weighted by atomic mass is 10.0. The maximum atomic E-state index is 12.6. The molecule has 1 heterocycles. The fraction of sp³-hybridized carbons (Fsp3) is 0.778. The van der Waals surface area contributed by atoms with Crippen molar-refractivity contribution in [3.63, 3.8) is 0 Å². The Hall–Kier alpha value is -1.52. The first-order valence-electron chi connectivity index (χ1n) is 8.64. The van der Waals surface area contributed by atoms with Gasteiger partial charge in [0.15, 0.2) is 0 Å². The highest BCUT2D eigenvalue weighted by atomic mass is 16.6. The summed E-state index contributed by atoms with van der Waals surface area (Å²) in [7, 11) is 0. The van der Waals surface area contributed by atoms with Gasteiger partial charge in [0.05, 0.1) is 12.5 Å². The summed E-state index contributed by atoms with van der Waals surface area (Å²) in [5.74, 6) is 0.569. The molecule has 0 aromatic heterocycles. The molecule has 1 saturated heterocycles. The largest absolute Gasteiger partial charge is 0.450 e. The Morgan fingerprint density at radius 3 is 2.39 bits per heavy atom. The quantitative estimate of drug-likeness (QED) is 0.810. The second kappa shape index (κ2) is 6.93. The van der Waals surface area contributed by atoms with Crippen molar-refractivity contribution in [1.82, 2.24) is 10.2 Å². The van der Waals surface area contributed by atoms with E-state index in [4.69, 9.17) is 4.74 Å². The number of ether oxygens (including phenoxy) is 1. The highest BCUT2D eigenvalue weighted by Crippen LogP contribution is 2.59. The van der Waals surface area contributed by atoms with Crippen molar-refractivity contribution >= 4 is 12.0 Å². The number of hydrogen-bond acceptors (Lipinski definition) is 3. The fourth-order valence-corrected chi connectivity index (χ4v) is 3.56. The molecule has 1 saturated carbocycles. The van der Waals surface area contributed by atoms with Crippen molar-refractivity contribution in [3.05, 3.63) is 11.6 Å². The zero-order valence-corrected chi connectivity index (χ0v) is 15.0. The summed E-state index contributed by atoms with van der Waals surface area (Å²) in [6.45, 7) is 12.0. The molecule has 1 aliphatic heterocycles. The van der Waals surface area contributed by atoms with E-state index in [0.29, 0.717) is 25.6 Å². The van der Waals surface area contributed by atoms with Gasteiger partial charge in [0.2, 0.25) is 5.91 Å². The summed E-state index contributed by atoms with van der Waals surface area (Å²) in [5, 5.41) is 3.18. The van der Waals surface area contributed by atoms with Crippen LogP contribution in [0.25, 0.3) is 0 Å². The van der Waals surface area contributed by atoms with Crippen LogP contribution in [0, 0.1) is 17.3 Å². The van der Waals surface area contributed by atoms with Crippen molar-refractivity contribution in [2.45, 2.75) is 53.5 Å². The summed E-state index contributed by atoms with van der Waals surface area (Å²) in [6, 6.07) is 0.164.